The largest absolute Gasteiger partial charge is 0.507 e. The van der Waals surface area contributed by atoms with E-state index in [9.17, 15) is 30.0 Å². The van der Waals surface area contributed by atoms with Crippen molar-refractivity contribution in [2.24, 2.45) is 0 Å². The molecule has 4 aromatic rings. The molecule has 10 heteroatoms. The number of hydrogen-bond acceptors (Lipinski definition) is 10. The number of benzene rings is 3. The van der Waals surface area contributed by atoms with Crippen LogP contribution in [0.15, 0.2) is 63.8 Å². The Morgan fingerprint density at radius 3 is 2.46 bits per heavy atom. The molecule has 0 saturated carbocycles. The first-order valence-corrected chi connectivity index (χ1v) is 11.8. The Bertz CT molecular complexity index is 1720. The zero-order valence-electron chi connectivity index (χ0n) is 21.0. The molecule has 0 saturated heterocycles. The highest BCUT2D eigenvalue weighted by Gasteiger charge is 2.35. The van der Waals surface area contributed by atoms with Gasteiger partial charge in [0.15, 0.2) is 28.8 Å². The van der Waals surface area contributed by atoms with Crippen LogP contribution in [-0.4, -0.2) is 40.1 Å². The van der Waals surface area contributed by atoms with Crippen molar-refractivity contribution in [1.82, 2.24) is 0 Å². The molecule has 3 aromatic carbocycles. The van der Waals surface area contributed by atoms with Crippen LogP contribution in [0.25, 0.3) is 22.3 Å². The van der Waals surface area contributed by atoms with Gasteiger partial charge in [-0.1, -0.05) is 12.6 Å². The summed E-state index contributed by atoms with van der Waals surface area (Å²) in [6, 6.07) is 9.85. The van der Waals surface area contributed by atoms with E-state index in [2.05, 4.69) is 6.58 Å². The summed E-state index contributed by atoms with van der Waals surface area (Å²) in [4.78, 5) is 25.8. The van der Waals surface area contributed by atoms with Crippen LogP contribution in [0.3, 0.4) is 0 Å². The molecular weight excluding hydrogens is 508 g/mol. The van der Waals surface area contributed by atoms with Gasteiger partial charge in [0.2, 0.25) is 11.2 Å². The number of ether oxygens (including phenoxy) is 3. The maximum Gasteiger partial charge on any atom is 0.312 e. The third-order valence-electron chi connectivity index (χ3n) is 6.37. The van der Waals surface area contributed by atoms with Gasteiger partial charge in [-0.15, -0.1) is 0 Å². The van der Waals surface area contributed by atoms with E-state index in [0.717, 1.165) is 17.7 Å². The van der Waals surface area contributed by atoms with Crippen molar-refractivity contribution < 1.29 is 43.8 Å². The van der Waals surface area contributed by atoms with Crippen LogP contribution in [0.5, 0.6) is 40.2 Å². The van der Waals surface area contributed by atoms with Gasteiger partial charge in [0, 0.05) is 23.1 Å². The fourth-order valence-electron chi connectivity index (χ4n) is 4.55. The molecule has 0 radical (unpaired) electrons. The van der Waals surface area contributed by atoms with Crippen molar-refractivity contribution >= 4 is 16.9 Å². The quantitative estimate of drug-likeness (QED) is 0.119. The van der Waals surface area contributed by atoms with E-state index in [1.807, 2.05) is 6.92 Å². The van der Waals surface area contributed by atoms with Crippen molar-refractivity contribution in [3.8, 4) is 51.6 Å². The van der Waals surface area contributed by atoms with Crippen LogP contribution in [0.1, 0.15) is 30.4 Å². The van der Waals surface area contributed by atoms with Gasteiger partial charge in [0.1, 0.15) is 29.1 Å². The van der Waals surface area contributed by atoms with Gasteiger partial charge < -0.3 is 39.1 Å². The number of phenolic OH excluding ortho intramolecular Hbond substituents is 3. The summed E-state index contributed by atoms with van der Waals surface area (Å²) in [5, 5.41) is 40.7. The fraction of sp³-hybridized carbons (Fsp3) is 0.172. The number of esters is 1. The third kappa shape index (κ3) is 4.46. The molecule has 4 N–H and O–H groups in total. The van der Waals surface area contributed by atoms with Gasteiger partial charge in [0.25, 0.3) is 0 Å². The number of phenols is 3. The number of carbonyl (C=O) groups excluding carboxylic acids is 1. The van der Waals surface area contributed by atoms with Crippen molar-refractivity contribution in [2.75, 3.05) is 13.7 Å². The predicted octanol–water partition coefficient (Wildman–Crippen LogP) is 4.69. The number of rotatable bonds is 6. The summed E-state index contributed by atoms with van der Waals surface area (Å²) in [5.41, 5.74) is 0.716. The molecule has 0 bridgehead atoms. The second-order valence-corrected chi connectivity index (χ2v) is 9.21. The molecule has 0 spiro atoms. The van der Waals surface area contributed by atoms with Gasteiger partial charge in [-0.05, 0) is 48.4 Å². The molecule has 0 aliphatic carbocycles. The molecule has 10 nitrogen and oxygen atoms in total. The van der Waals surface area contributed by atoms with Crippen molar-refractivity contribution in [2.45, 2.75) is 19.3 Å². The van der Waals surface area contributed by atoms with Crippen molar-refractivity contribution in [3.05, 3.63) is 76.0 Å². The molecule has 200 valence electrons. The summed E-state index contributed by atoms with van der Waals surface area (Å²) in [7, 11) is 1.50. The summed E-state index contributed by atoms with van der Waals surface area (Å²) < 4.78 is 22.7. The van der Waals surface area contributed by atoms with E-state index < -0.39 is 40.3 Å². The van der Waals surface area contributed by atoms with E-state index in [4.69, 9.17) is 18.6 Å². The van der Waals surface area contributed by atoms with Crippen LogP contribution in [0.2, 0.25) is 0 Å². The van der Waals surface area contributed by atoms with Crippen molar-refractivity contribution in [3.63, 3.8) is 0 Å². The van der Waals surface area contributed by atoms with E-state index >= 15 is 0 Å². The van der Waals surface area contributed by atoms with Gasteiger partial charge in [-0.25, -0.2) is 0 Å². The highest BCUT2D eigenvalue weighted by atomic mass is 16.5. The van der Waals surface area contributed by atoms with Crippen LogP contribution < -0.4 is 19.6 Å². The van der Waals surface area contributed by atoms with Gasteiger partial charge >= 0.3 is 5.97 Å². The summed E-state index contributed by atoms with van der Waals surface area (Å²) >= 11 is 0. The molecule has 1 atom stereocenters. The Hall–Kier alpha value is -5.12. The predicted molar refractivity (Wildman–Crippen MR) is 140 cm³/mol. The Labute approximate surface area is 221 Å². The summed E-state index contributed by atoms with van der Waals surface area (Å²) in [6.45, 7) is 5.88. The Balaban J connectivity index is 1.77. The number of aromatic hydroxyl groups is 4. The third-order valence-corrected chi connectivity index (χ3v) is 6.37. The summed E-state index contributed by atoms with van der Waals surface area (Å²) in [6.07, 6.45) is -0.126. The molecule has 1 aromatic heterocycles. The van der Waals surface area contributed by atoms with Crippen LogP contribution in [0.4, 0.5) is 0 Å². The molecule has 2 heterocycles. The molecule has 0 amide bonds. The second-order valence-electron chi connectivity index (χ2n) is 9.21. The topological polar surface area (TPSA) is 156 Å². The Morgan fingerprint density at radius 2 is 1.77 bits per heavy atom. The molecule has 1 unspecified atom stereocenters. The second kappa shape index (κ2) is 9.64. The van der Waals surface area contributed by atoms with Gasteiger partial charge in [-0.3, -0.25) is 9.59 Å². The summed E-state index contributed by atoms with van der Waals surface area (Å²) in [5.74, 6) is -3.02. The normalized spacial score (nSPS) is 14.5. The Morgan fingerprint density at radius 1 is 1.00 bits per heavy atom. The fourth-order valence-corrected chi connectivity index (χ4v) is 4.55. The molecule has 39 heavy (non-hydrogen) atoms. The minimum absolute atomic E-state index is 0.0187. The van der Waals surface area contributed by atoms with E-state index in [1.54, 1.807) is 18.2 Å². The molecule has 5 rings (SSSR count). The number of fused-ring (bicyclic) bond motifs is 3. The first-order chi connectivity index (χ1) is 18.6. The SMILES string of the molecule is C=C(C)COc1cc(C2CC(=O)Oc3cc(O)c4c(=O)c(O)c(-c5ccc(O)c(O)c5)oc4c32)ccc1OC. The Kier molecular flexibility index (Phi) is 6.31. The molecule has 1 aliphatic rings. The first kappa shape index (κ1) is 25.5. The highest BCUT2D eigenvalue weighted by molar-refractivity contribution is 5.94. The van der Waals surface area contributed by atoms with E-state index in [-0.39, 0.29) is 41.1 Å². The van der Waals surface area contributed by atoms with Gasteiger partial charge in [0.05, 0.1) is 13.5 Å². The number of hydrogen-bond donors (Lipinski definition) is 4. The van der Waals surface area contributed by atoms with E-state index in [1.165, 1.54) is 19.2 Å². The molecular formula is C29H24O10. The zero-order valence-corrected chi connectivity index (χ0v) is 21.0. The lowest BCUT2D eigenvalue weighted by Crippen LogP contribution is -2.22. The maximum atomic E-state index is 13.2. The first-order valence-electron chi connectivity index (χ1n) is 11.8. The number of carbonyl (C=O) groups is 1. The molecule has 0 fully saturated rings. The lowest BCUT2D eigenvalue weighted by molar-refractivity contribution is -0.135. The highest BCUT2D eigenvalue weighted by Crippen LogP contribution is 2.48. The monoisotopic (exact) mass is 532 g/mol. The van der Waals surface area contributed by atoms with Crippen LogP contribution in [0, 0.1) is 0 Å². The number of methoxy groups -OCH3 is 1. The van der Waals surface area contributed by atoms with Crippen molar-refractivity contribution in [1.29, 1.82) is 0 Å². The average Bonchev–Trinajstić information content (AvgIpc) is 2.90. The van der Waals surface area contributed by atoms with Crippen LogP contribution >= 0.6 is 0 Å². The van der Waals surface area contributed by atoms with E-state index in [0.29, 0.717) is 22.6 Å². The maximum absolute atomic E-state index is 13.2. The van der Waals surface area contributed by atoms with Gasteiger partial charge in [-0.2, -0.15) is 0 Å². The van der Waals surface area contributed by atoms with Crippen LogP contribution in [-0.2, 0) is 4.79 Å². The lowest BCUT2D eigenvalue weighted by Gasteiger charge is -2.26. The lowest BCUT2D eigenvalue weighted by atomic mass is 9.85. The minimum Gasteiger partial charge on any atom is -0.507 e. The minimum atomic E-state index is -0.935. The zero-order chi connectivity index (χ0) is 28.0. The average molecular weight is 533 g/mol. The standard InChI is InChI=1S/C29H24O10/c1-13(2)12-37-21-9-14(5-7-20(21)36-3)16-10-23(33)38-22-11-19(32)25-26(34)27(35)28(39-29(25)24(16)22)15-4-6-17(30)18(31)8-15/h4-9,11,16,30-32,35H,1,10,12H2,2-3H3. The smallest absolute Gasteiger partial charge is 0.312 e. The molecule has 1 aliphatic heterocycles.